The molecule has 4 nitrogen and oxygen atoms in total. The van der Waals surface area contributed by atoms with Gasteiger partial charge in [0.25, 0.3) is 0 Å². The fourth-order valence-corrected chi connectivity index (χ4v) is 4.29. The molecule has 2 atom stereocenters. The van der Waals surface area contributed by atoms with Gasteiger partial charge in [-0.25, -0.2) is 0 Å². The lowest BCUT2D eigenvalue weighted by Gasteiger charge is -2.27. The molecule has 0 radical (unpaired) electrons. The van der Waals surface area contributed by atoms with Gasteiger partial charge in [0.2, 0.25) is 0 Å². The second-order valence-corrected chi connectivity index (χ2v) is 7.87. The fourth-order valence-electron chi connectivity index (χ4n) is 4.00. The number of benzene rings is 1. The van der Waals surface area contributed by atoms with Crippen LogP contribution in [0, 0.1) is 12.8 Å². The Morgan fingerprint density at radius 2 is 2.04 bits per heavy atom. The second kappa shape index (κ2) is 8.41. The van der Waals surface area contributed by atoms with Crippen molar-refractivity contribution in [2.24, 2.45) is 5.92 Å². The smallest absolute Gasteiger partial charge is 0.308 e. The summed E-state index contributed by atoms with van der Waals surface area (Å²) in [4.78, 5) is 11.5. The van der Waals surface area contributed by atoms with Gasteiger partial charge in [0.15, 0.2) is 0 Å². The van der Waals surface area contributed by atoms with Crippen LogP contribution in [0.25, 0.3) is 0 Å². The van der Waals surface area contributed by atoms with Crippen molar-refractivity contribution in [3.05, 3.63) is 28.3 Å². The number of halogens is 1. The first-order valence-corrected chi connectivity index (χ1v) is 9.68. The van der Waals surface area contributed by atoms with E-state index in [0.29, 0.717) is 12.3 Å². The van der Waals surface area contributed by atoms with E-state index in [2.05, 4.69) is 0 Å². The molecule has 1 saturated carbocycles. The van der Waals surface area contributed by atoms with Gasteiger partial charge in [-0.05, 0) is 42.5 Å². The number of rotatable bonds is 5. The Bertz CT molecular complexity index is 610. The van der Waals surface area contributed by atoms with Crippen LogP contribution in [0.15, 0.2) is 12.1 Å². The molecule has 0 amide bonds. The average molecular weight is 367 g/mol. The first-order valence-electron chi connectivity index (χ1n) is 9.30. The largest absolute Gasteiger partial charge is 0.489 e. The summed E-state index contributed by atoms with van der Waals surface area (Å²) in [6.07, 6.45) is 6.91. The van der Waals surface area contributed by atoms with E-state index in [4.69, 9.17) is 21.1 Å². The Hall–Kier alpha value is -1.26. The number of carbonyl (C=O) groups excluding carboxylic acids is 1. The lowest BCUT2D eigenvalue weighted by molar-refractivity contribution is -0.162. The van der Waals surface area contributed by atoms with Crippen molar-refractivity contribution in [2.75, 3.05) is 6.61 Å². The van der Waals surface area contributed by atoms with E-state index in [1.807, 2.05) is 19.1 Å². The molecule has 25 heavy (non-hydrogen) atoms. The maximum atomic E-state index is 11.5. The molecule has 3 rings (SSSR count). The number of aliphatic hydroxyl groups excluding tert-OH is 1. The number of carbonyl (C=O) groups is 1. The van der Waals surface area contributed by atoms with Crippen LogP contribution < -0.4 is 4.74 Å². The van der Waals surface area contributed by atoms with Gasteiger partial charge < -0.3 is 14.6 Å². The monoisotopic (exact) mass is 366 g/mol. The number of esters is 1. The minimum Gasteiger partial charge on any atom is -0.489 e. The molecule has 1 saturated heterocycles. The van der Waals surface area contributed by atoms with E-state index < -0.39 is 12.2 Å². The van der Waals surface area contributed by atoms with Crippen LogP contribution in [0.2, 0.25) is 5.02 Å². The summed E-state index contributed by atoms with van der Waals surface area (Å²) in [5.74, 6) is 1.18. The number of hydrogen-bond donors (Lipinski definition) is 1. The molecular formula is C20H27ClO4. The molecule has 2 aliphatic rings. The Morgan fingerprint density at radius 1 is 1.28 bits per heavy atom. The van der Waals surface area contributed by atoms with Crippen molar-refractivity contribution >= 4 is 17.6 Å². The highest BCUT2D eigenvalue weighted by Gasteiger charge is 2.28. The van der Waals surface area contributed by atoms with E-state index in [1.165, 1.54) is 32.1 Å². The minimum absolute atomic E-state index is 0.0728. The highest BCUT2D eigenvalue weighted by atomic mass is 35.5. The van der Waals surface area contributed by atoms with E-state index in [1.54, 1.807) is 0 Å². The molecule has 1 N–H and O–H groups in total. The fraction of sp³-hybridized carbons (Fsp3) is 0.650. The summed E-state index contributed by atoms with van der Waals surface area (Å²) in [6, 6.07) is 3.91. The lowest BCUT2D eigenvalue weighted by atomic mass is 9.84. The molecule has 1 heterocycles. The molecule has 1 aromatic carbocycles. The minimum atomic E-state index is -0.636. The molecule has 5 heteroatoms. The van der Waals surface area contributed by atoms with Crippen LogP contribution in [0.3, 0.4) is 0 Å². The van der Waals surface area contributed by atoms with Crippen molar-refractivity contribution in [2.45, 2.75) is 70.5 Å². The van der Waals surface area contributed by atoms with Gasteiger partial charge >= 0.3 is 5.97 Å². The van der Waals surface area contributed by atoms with Crippen LogP contribution in [0.5, 0.6) is 5.75 Å². The van der Waals surface area contributed by atoms with Crippen LogP contribution in [0.4, 0.5) is 0 Å². The van der Waals surface area contributed by atoms with Gasteiger partial charge in [-0.15, -0.1) is 0 Å². The summed E-state index contributed by atoms with van der Waals surface area (Å²) in [5, 5.41) is 10.5. The zero-order valence-electron chi connectivity index (χ0n) is 14.8. The molecule has 0 bridgehead atoms. The van der Waals surface area contributed by atoms with Gasteiger partial charge in [-0.2, -0.15) is 0 Å². The van der Waals surface area contributed by atoms with Crippen molar-refractivity contribution in [3.8, 4) is 5.75 Å². The van der Waals surface area contributed by atoms with Crippen molar-refractivity contribution < 1.29 is 19.4 Å². The average Bonchev–Trinajstić information content (AvgIpc) is 2.54. The molecule has 0 aromatic heterocycles. The predicted molar refractivity (Wildman–Crippen MR) is 97.1 cm³/mol. The number of hydrogen-bond acceptors (Lipinski definition) is 4. The molecule has 1 aliphatic heterocycles. The lowest BCUT2D eigenvalue weighted by Crippen LogP contribution is -2.36. The summed E-state index contributed by atoms with van der Waals surface area (Å²) in [5.41, 5.74) is 2.14. The molecule has 1 aliphatic carbocycles. The van der Waals surface area contributed by atoms with Gasteiger partial charge in [0.05, 0.1) is 12.5 Å². The van der Waals surface area contributed by atoms with E-state index in [0.717, 1.165) is 28.3 Å². The Kier molecular flexibility index (Phi) is 6.24. The van der Waals surface area contributed by atoms with Gasteiger partial charge in [0.1, 0.15) is 18.5 Å². The third-order valence-corrected chi connectivity index (χ3v) is 5.42. The first kappa shape index (κ1) is 18.5. The Labute approximate surface area is 154 Å². The molecule has 2 fully saturated rings. The van der Waals surface area contributed by atoms with Crippen LogP contribution in [-0.2, 0) is 16.0 Å². The number of aryl methyl sites for hydroxylation is 1. The maximum Gasteiger partial charge on any atom is 0.308 e. The van der Waals surface area contributed by atoms with Crippen LogP contribution >= 0.6 is 11.6 Å². The maximum absolute atomic E-state index is 11.5. The number of aliphatic hydroxyl groups is 1. The van der Waals surface area contributed by atoms with Crippen molar-refractivity contribution in [3.63, 3.8) is 0 Å². The van der Waals surface area contributed by atoms with Gasteiger partial charge in [-0.3, -0.25) is 4.79 Å². The Balaban J connectivity index is 1.69. The van der Waals surface area contributed by atoms with E-state index >= 15 is 0 Å². The summed E-state index contributed by atoms with van der Waals surface area (Å²) >= 11 is 6.27. The van der Waals surface area contributed by atoms with Gasteiger partial charge in [-0.1, -0.05) is 43.7 Å². The van der Waals surface area contributed by atoms with Crippen molar-refractivity contribution in [1.29, 1.82) is 0 Å². The second-order valence-electron chi connectivity index (χ2n) is 7.44. The van der Waals surface area contributed by atoms with Crippen LogP contribution in [-0.4, -0.2) is 29.9 Å². The van der Waals surface area contributed by atoms with Crippen molar-refractivity contribution in [1.82, 2.24) is 0 Å². The van der Waals surface area contributed by atoms with Gasteiger partial charge in [0, 0.05) is 11.4 Å². The standard InChI is InChI=1S/C20H27ClO4/c1-13-7-16(21)9-15(8-14-5-3-2-4-6-14)20(13)24-12-18-10-17(22)11-19(23)25-18/h7,9,14,17-18,22H,2-6,8,10-12H2,1H3/t17-,18+/m1/s1. The molecular weight excluding hydrogens is 340 g/mol. The number of ether oxygens (including phenoxy) is 2. The summed E-state index contributed by atoms with van der Waals surface area (Å²) < 4.78 is 11.3. The first-order chi connectivity index (χ1) is 12.0. The summed E-state index contributed by atoms with van der Waals surface area (Å²) in [7, 11) is 0. The van der Waals surface area contributed by atoms with Crippen LogP contribution in [0.1, 0.15) is 56.1 Å². The zero-order chi connectivity index (χ0) is 17.8. The highest BCUT2D eigenvalue weighted by Crippen LogP contribution is 2.34. The predicted octanol–water partition coefficient (Wildman–Crippen LogP) is 4.22. The molecule has 1 aromatic rings. The normalized spacial score (nSPS) is 24.8. The molecule has 0 unspecified atom stereocenters. The third-order valence-electron chi connectivity index (χ3n) is 5.20. The third kappa shape index (κ3) is 5.11. The zero-order valence-corrected chi connectivity index (χ0v) is 15.6. The molecule has 138 valence electrons. The topological polar surface area (TPSA) is 55.8 Å². The molecule has 0 spiro atoms. The summed E-state index contributed by atoms with van der Waals surface area (Å²) in [6.45, 7) is 2.26. The number of cyclic esters (lactones) is 1. The quantitative estimate of drug-likeness (QED) is 0.793. The highest BCUT2D eigenvalue weighted by molar-refractivity contribution is 6.30. The Morgan fingerprint density at radius 3 is 2.76 bits per heavy atom. The van der Waals surface area contributed by atoms with E-state index in [9.17, 15) is 9.90 Å². The van der Waals surface area contributed by atoms with E-state index in [-0.39, 0.29) is 19.0 Å². The SMILES string of the molecule is Cc1cc(Cl)cc(CC2CCCCC2)c1OC[C@@H]1C[C@@H](O)CC(=O)O1.